The van der Waals surface area contributed by atoms with Gasteiger partial charge < -0.3 is 0 Å². The summed E-state index contributed by atoms with van der Waals surface area (Å²) in [6, 6.07) is 1.92. The highest BCUT2D eigenvalue weighted by atomic mass is 32.3. The molecule has 0 spiro atoms. The van der Waals surface area contributed by atoms with Crippen LogP contribution in [0.3, 0.4) is 0 Å². The molecule has 0 heterocycles. The molecule has 0 atom stereocenters. The molecule has 14 heavy (non-hydrogen) atoms. The van der Waals surface area contributed by atoms with Gasteiger partial charge in [-0.15, -0.1) is 13.2 Å². The van der Waals surface area contributed by atoms with Gasteiger partial charge in [-0.2, -0.15) is 5.26 Å². The fraction of sp³-hybridized carbons (Fsp3) is 0.444. The Morgan fingerprint density at radius 3 is 2.21 bits per heavy atom. The summed E-state index contributed by atoms with van der Waals surface area (Å²) < 4.78 is 13.9. The Kier molecular flexibility index (Phi) is 4.20. The van der Waals surface area contributed by atoms with E-state index >= 15 is 0 Å². The molecule has 4 nitrogen and oxygen atoms in total. The highest BCUT2D eigenvalue weighted by molar-refractivity contribution is 8.16. The molecule has 0 rings (SSSR count). The van der Waals surface area contributed by atoms with Crippen molar-refractivity contribution in [1.82, 2.24) is 4.31 Å². The van der Waals surface area contributed by atoms with E-state index in [9.17, 15) is 4.21 Å². The van der Waals surface area contributed by atoms with E-state index in [4.69, 9.17) is 10.4 Å². The molecule has 0 aliphatic rings. The van der Waals surface area contributed by atoms with Crippen molar-refractivity contribution in [3.8, 4) is 6.07 Å². The third kappa shape index (κ3) is 2.77. The first-order chi connectivity index (χ1) is 6.39. The van der Waals surface area contributed by atoms with Gasteiger partial charge in [0.2, 0.25) is 0 Å². The molecule has 0 aromatic heterocycles. The van der Waals surface area contributed by atoms with Crippen LogP contribution in [0.5, 0.6) is 0 Å². The summed E-state index contributed by atoms with van der Waals surface area (Å²) in [5.41, 5.74) is 0. The van der Waals surface area contributed by atoms with Crippen LogP contribution in [0.15, 0.2) is 25.3 Å². The second-order valence-electron chi connectivity index (χ2n) is 3.16. The minimum absolute atomic E-state index is 0.0313. The van der Waals surface area contributed by atoms with Crippen LogP contribution in [-0.4, -0.2) is 33.6 Å². The topological polar surface area (TPSA) is 70.1 Å². The van der Waals surface area contributed by atoms with E-state index in [1.807, 2.05) is 6.07 Å². The third-order valence-corrected chi connectivity index (χ3v) is 5.51. The van der Waals surface area contributed by atoms with Gasteiger partial charge in [0.15, 0.2) is 0 Å². The summed E-state index contributed by atoms with van der Waals surface area (Å²) in [6.45, 7) is 7.07. The van der Waals surface area contributed by atoms with Crippen LogP contribution in [0.4, 0.5) is 0 Å². The summed E-state index contributed by atoms with van der Waals surface area (Å²) in [6.07, 6.45) is 3.01. The monoisotopic (exact) mass is 215 g/mol. The van der Waals surface area contributed by atoms with Crippen LogP contribution in [0.1, 0.15) is 0 Å². The largest absolute Gasteiger partial charge is 0.260 e. The quantitative estimate of drug-likeness (QED) is 0.515. The normalized spacial score (nSPS) is 14.0. The lowest BCUT2D eigenvalue weighted by Crippen LogP contribution is -2.59. The SMILES string of the molecule is C=CCS(N)(=O)(CC=C)N(C)CC#N. The number of nitrogens with zero attached hydrogens (tertiary/aromatic N) is 2. The van der Waals surface area contributed by atoms with E-state index in [-0.39, 0.29) is 18.1 Å². The van der Waals surface area contributed by atoms with Gasteiger partial charge in [0, 0.05) is 28.0 Å². The molecule has 0 aliphatic carbocycles. The fourth-order valence-electron chi connectivity index (χ4n) is 1.08. The maximum atomic E-state index is 12.5. The molecule has 0 fully saturated rings. The minimum Gasteiger partial charge on any atom is -0.260 e. The first kappa shape index (κ1) is 13.0. The Labute approximate surface area is 85.4 Å². The number of hydrogen-bond acceptors (Lipinski definition) is 2. The van der Waals surface area contributed by atoms with Crippen LogP contribution >= 0.6 is 0 Å². The minimum atomic E-state index is -3.46. The first-order valence-corrected chi connectivity index (χ1v) is 6.46. The molecule has 0 saturated heterocycles. The molecule has 0 aromatic carbocycles. The molecule has 2 N–H and O–H groups in total. The van der Waals surface area contributed by atoms with Gasteiger partial charge in [-0.05, 0) is 0 Å². The van der Waals surface area contributed by atoms with E-state index in [1.54, 1.807) is 7.05 Å². The fourth-order valence-corrected chi connectivity index (χ4v) is 3.10. The van der Waals surface area contributed by atoms with Crippen LogP contribution < -0.4 is 5.14 Å². The van der Waals surface area contributed by atoms with Crippen molar-refractivity contribution in [2.45, 2.75) is 0 Å². The zero-order valence-corrected chi connectivity index (χ0v) is 9.30. The van der Waals surface area contributed by atoms with E-state index in [2.05, 4.69) is 13.2 Å². The third-order valence-electron chi connectivity index (χ3n) is 1.99. The Hall–Kier alpha value is -0.960. The summed E-state index contributed by atoms with van der Waals surface area (Å²) in [7, 11) is -1.89. The summed E-state index contributed by atoms with van der Waals surface area (Å²) in [4.78, 5) is 0. The smallest absolute Gasteiger partial charge is 0.0976 e. The maximum absolute atomic E-state index is 12.5. The van der Waals surface area contributed by atoms with E-state index < -0.39 is 9.44 Å². The van der Waals surface area contributed by atoms with Crippen LogP contribution in [0.2, 0.25) is 0 Å². The van der Waals surface area contributed by atoms with Gasteiger partial charge in [-0.3, -0.25) is 9.35 Å². The first-order valence-electron chi connectivity index (χ1n) is 4.14. The molecule has 0 bridgehead atoms. The molecular formula is C9H17N3OS. The summed E-state index contributed by atoms with van der Waals surface area (Å²) in [5.74, 6) is 0.336. The molecule has 0 aliphatic heterocycles. The Bertz CT molecular complexity index is 315. The van der Waals surface area contributed by atoms with Crippen molar-refractivity contribution in [3.63, 3.8) is 0 Å². The Morgan fingerprint density at radius 2 is 1.93 bits per heavy atom. The van der Waals surface area contributed by atoms with Crippen molar-refractivity contribution in [2.24, 2.45) is 5.14 Å². The summed E-state index contributed by atoms with van der Waals surface area (Å²) in [5, 5.41) is 14.4. The number of hydrogen-bond donors (Lipinski definition) is 1. The number of nitriles is 1. The van der Waals surface area contributed by atoms with Crippen molar-refractivity contribution >= 4 is 9.44 Å². The van der Waals surface area contributed by atoms with E-state index in [0.717, 1.165) is 0 Å². The van der Waals surface area contributed by atoms with Crippen molar-refractivity contribution in [1.29, 1.82) is 5.26 Å². The summed E-state index contributed by atoms with van der Waals surface area (Å²) >= 11 is 0. The Morgan fingerprint density at radius 1 is 1.50 bits per heavy atom. The van der Waals surface area contributed by atoms with Crippen molar-refractivity contribution < 1.29 is 4.21 Å². The highest BCUT2D eigenvalue weighted by Gasteiger charge is 2.33. The number of rotatable bonds is 6. The zero-order chi connectivity index (χ0) is 11.3. The predicted octanol–water partition coefficient (Wildman–Crippen LogP) is 0.423. The second-order valence-corrected chi connectivity index (χ2v) is 7.07. The lowest BCUT2D eigenvalue weighted by atomic mass is 10.7. The molecule has 80 valence electrons. The van der Waals surface area contributed by atoms with Crippen molar-refractivity contribution in [2.75, 3.05) is 25.1 Å². The van der Waals surface area contributed by atoms with Gasteiger partial charge in [-0.25, -0.2) is 4.31 Å². The lowest BCUT2D eigenvalue weighted by molar-refractivity contribution is 0.537. The zero-order valence-electron chi connectivity index (χ0n) is 8.48. The van der Waals surface area contributed by atoms with E-state index in [0.29, 0.717) is 0 Å². The lowest BCUT2D eigenvalue weighted by Gasteiger charge is -2.43. The average Bonchev–Trinajstić information content (AvgIpc) is 2.05. The Balaban J connectivity index is 5.07. The van der Waals surface area contributed by atoms with Gasteiger partial charge in [0.05, 0.1) is 12.6 Å². The standard InChI is InChI=1S/C9H17N3OS/c1-4-8-14(11,13,9-5-2)12(3)7-6-10/h4-5H,1-2,7-9H2,3H3,(H2,11,13). The van der Waals surface area contributed by atoms with E-state index in [1.165, 1.54) is 16.5 Å². The highest BCUT2D eigenvalue weighted by Crippen LogP contribution is 2.21. The van der Waals surface area contributed by atoms with Crippen LogP contribution in [0, 0.1) is 11.3 Å². The second kappa shape index (κ2) is 4.51. The molecule has 0 saturated carbocycles. The molecule has 0 amide bonds. The molecule has 0 radical (unpaired) electrons. The predicted molar refractivity (Wildman–Crippen MR) is 60.7 cm³/mol. The van der Waals surface area contributed by atoms with Gasteiger partial charge >= 0.3 is 0 Å². The van der Waals surface area contributed by atoms with Crippen molar-refractivity contribution in [3.05, 3.63) is 25.3 Å². The van der Waals surface area contributed by atoms with Gasteiger partial charge in [-0.1, -0.05) is 12.2 Å². The maximum Gasteiger partial charge on any atom is 0.0976 e. The number of nitrogens with two attached hydrogens (primary N) is 1. The van der Waals surface area contributed by atoms with Gasteiger partial charge in [0.25, 0.3) is 0 Å². The van der Waals surface area contributed by atoms with Crippen LogP contribution in [0.25, 0.3) is 0 Å². The van der Waals surface area contributed by atoms with Crippen LogP contribution in [-0.2, 0) is 9.44 Å². The average molecular weight is 215 g/mol. The molecular weight excluding hydrogens is 198 g/mol. The van der Waals surface area contributed by atoms with Gasteiger partial charge in [0.1, 0.15) is 0 Å². The molecule has 0 aromatic rings. The molecule has 0 unspecified atom stereocenters. The molecule has 5 heteroatoms.